The van der Waals surface area contributed by atoms with Gasteiger partial charge in [-0.2, -0.15) is 13.2 Å². The lowest BCUT2D eigenvalue weighted by molar-refractivity contribution is -0.137. The molecule has 0 aliphatic rings. The van der Waals surface area contributed by atoms with E-state index in [1.54, 1.807) is 39.1 Å². The summed E-state index contributed by atoms with van der Waals surface area (Å²) < 4.78 is 40.7. The highest BCUT2D eigenvalue weighted by atomic mass is 35.5. The second kappa shape index (κ2) is 6.32. The van der Waals surface area contributed by atoms with Crippen molar-refractivity contribution < 1.29 is 18.0 Å². The minimum atomic E-state index is -4.46. The molecule has 0 amide bonds. The molecule has 0 saturated carbocycles. The van der Waals surface area contributed by atoms with Gasteiger partial charge in [-0.05, 0) is 49.2 Å². The molecule has 0 unspecified atom stereocenters. The molecule has 1 aromatic heterocycles. The number of fused-ring (bicyclic) bond motifs is 1. The highest BCUT2D eigenvalue weighted by molar-refractivity contribution is 6.41. The lowest BCUT2D eigenvalue weighted by Gasteiger charge is -2.11. The number of carbonyl (C=O) groups is 1. The lowest BCUT2D eigenvalue weighted by Crippen LogP contribution is -2.09. The van der Waals surface area contributed by atoms with Crippen LogP contribution in [0.4, 0.5) is 13.2 Å². The molecule has 26 heavy (non-hydrogen) atoms. The van der Waals surface area contributed by atoms with Crippen molar-refractivity contribution >= 4 is 39.9 Å². The van der Waals surface area contributed by atoms with E-state index in [0.717, 1.165) is 12.1 Å². The van der Waals surface area contributed by atoms with E-state index < -0.39 is 17.5 Å². The molecule has 0 fully saturated rings. The van der Waals surface area contributed by atoms with Gasteiger partial charge in [-0.15, -0.1) is 0 Å². The topological polar surface area (TPSA) is 22.0 Å². The van der Waals surface area contributed by atoms with Crippen LogP contribution < -0.4 is 0 Å². The standard InChI is InChI=1S/C19H14Cl2F3NO/c1-9-4-5-13(20)16(17(9)21)18(26)15-8-12-10(2)6-11(19(22,23)24)7-14(12)25(15)3/h4-8H,1-3H3. The Balaban J connectivity index is 2.24. The van der Waals surface area contributed by atoms with Crippen LogP contribution in [-0.4, -0.2) is 10.4 Å². The Morgan fingerprint density at radius 1 is 1.04 bits per heavy atom. The van der Waals surface area contributed by atoms with E-state index in [0.29, 0.717) is 22.0 Å². The number of carbonyl (C=O) groups excluding carboxylic acids is 1. The first-order valence-corrected chi connectivity index (χ1v) is 8.44. The van der Waals surface area contributed by atoms with Crippen molar-refractivity contribution in [2.75, 3.05) is 0 Å². The lowest BCUT2D eigenvalue weighted by atomic mass is 10.0. The molecule has 0 N–H and O–H groups in total. The fourth-order valence-electron chi connectivity index (χ4n) is 2.98. The molecule has 0 bridgehead atoms. The molecule has 7 heteroatoms. The largest absolute Gasteiger partial charge is 0.416 e. The van der Waals surface area contributed by atoms with Crippen LogP contribution >= 0.6 is 23.2 Å². The molecule has 0 atom stereocenters. The van der Waals surface area contributed by atoms with E-state index in [4.69, 9.17) is 23.2 Å². The molecular weight excluding hydrogens is 386 g/mol. The highest BCUT2D eigenvalue weighted by Gasteiger charge is 2.32. The molecule has 0 radical (unpaired) electrons. The van der Waals surface area contributed by atoms with E-state index in [9.17, 15) is 18.0 Å². The van der Waals surface area contributed by atoms with E-state index in [-0.39, 0.29) is 21.3 Å². The first-order chi connectivity index (χ1) is 12.0. The number of aromatic nitrogens is 1. The van der Waals surface area contributed by atoms with Crippen LogP contribution in [-0.2, 0) is 13.2 Å². The van der Waals surface area contributed by atoms with Crippen LogP contribution in [0, 0.1) is 13.8 Å². The van der Waals surface area contributed by atoms with Crippen LogP contribution in [0.25, 0.3) is 10.9 Å². The second-order valence-electron chi connectivity index (χ2n) is 6.19. The van der Waals surface area contributed by atoms with Gasteiger partial charge in [-0.1, -0.05) is 29.3 Å². The smallest absolute Gasteiger partial charge is 0.341 e. The molecule has 1 heterocycles. The average Bonchev–Trinajstić information content (AvgIpc) is 2.88. The molecule has 136 valence electrons. The number of halogens is 5. The van der Waals surface area contributed by atoms with Crippen molar-refractivity contribution in [1.82, 2.24) is 4.57 Å². The first-order valence-electron chi connectivity index (χ1n) is 7.69. The molecule has 0 saturated heterocycles. The zero-order valence-corrected chi connectivity index (χ0v) is 15.6. The zero-order valence-electron chi connectivity index (χ0n) is 14.1. The Labute approximate surface area is 158 Å². The Morgan fingerprint density at radius 3 is 2.31 bits per heavy atom. The second-order valence-corrected chi connectivity index (χ2v) is 6.98. The quantitative estimate of drug-likeness (QED) is 0.460. The number of nitrogens with zero attached hydrogens (tertiary/aromatic N) is 1. The first kappa shape index (κ1) is 18.8. The number of alkyl halides is 3. The summed E-state index contributed by atoms with van der Waals surface area (Å²) in [7, 11) is 1.55. The Morgan fingerprint density at radius 2 is 1.69 bits per heavy atom. The third-order valence-corrected chi connectivity index (χ3v) is 5.24. The summed E-state index contributed by atoms with van der Waals surface area (Å²) >= 11 is 12.4. The fraction of sp³-hybridized carbons (Fsp3) is 0.211. The van der Waals surface area contributed by atoms with Gasteiger partial charge in [0.15, 0.2) is 0 Å². The number of benzene rings is 2. The van der Waals surface area contributed by atoms with E-state index in [2.05, 4.69) is 0 Å². The summed E-state index contributed by atoms with van der Waals surface area (Å²) in [6, 6.07) is 6.96. The highest BCUT2D eigenvalue weighted by Crippen LogP contribution is 2.36. The molecule has 0 spiro atoms. The van der Waals surface area contributed by atoms with Crippen LogP contribution in [0.1, 0.15) is 32.7 Å². The molecule has 0 aliphatic heterocycles. The SMILES string of the molecule is Cc1ccc(Cl)c(C(=O)c2cc3c(C)cc(C(F)(F)F)cc3n2C)c1Cl. The van der Waals surface area contributed by atoms with Crippen molar-refractivity contribution in [1.29, 1.82) is 0 Å². The van der Waals surface area contributed by atoms with E-state index in [1.807, 2.05) is 0 Å². The molecule has 3 rings (SSSR count). The summed E-state index contributed by atoms with van der Waals surface area (Å²) in [5, 5.41) is 1.01. The molecular formula is C19H14Cl2F3NO. The Hall–Kier alpha value is -1.98. The minimum Gasteiger partial charge on any atom is -0.341 e. The molecule has 3 aromatic rings. The molecule has 2 aromatic carbocycles. The maximum atomic E-state index is 13.1. The zero-order chi connectivity index (χ0) is 19.4. The van der Waals surface area contributed by atoms with Crippen molar-refractivity contribution in [3.63, 3.8) is 0 Å². The monoisotopic (exact) mass is 399 g/mol. The number of rotatable bonds is 2. The van der Waals surface area contributed by atoms with Gasteiger partial charge in [0.25, 0.3) is 0 Å². The number of aryl methyl sites for hydroxylation is 3. The van der Waals surface area contributed by atoms with Crippen molar-refractivity contribution in [2.45, 2.75) is 20.0 Å². The van der Waals surface area contributed by atoms with Crippen molar-refractivity contribution in [3.8, 4) is 0 Å². The average molecular weight is 400 g/mol. The van der Waals surface area contributed by atoms with E-state index >= 15 is 0 Å². The number of ketones is 1. The summed E-state index contributed by atoms with van der Waals surface area (Å²) in [5.41, 5.74) is 1.05. The van der Waals surface area contributed by atoms with Gasteiger partial charge in [-0.25, -0.2) is 0 Å². The van der Waals surface area contributed by atoms with Crippen molar-refractivity contribution in [2.24, 2.45) is 7.05 Å². The van der Waals surface area contributed by atoms with Gasteiger partial charge in [0, 0.05) is 18.0 Å². The van der Waals surface area contributed by atoms with Crippen molar-refractivity contribution in [3.05, 3.63) is 68.3 Å². The maximum Gasteiger partial charge on any atom is 0.416 e. The normalized spacial score (nSPS) is 12.0. The van der Waals surface area contributed by atoms with Crippen LogP contribution in [0.2, 0.25) is 10.0 Å². The number of hydrogen-bond acceptors (Lipinski definition) is 1. The molecule has 2 nitrogen and oxygen atoms in total. The fourth-order valence-corrected chi connectivity index (χ4v) is 3.53. The van der Waals surface area contributed by atoms with Crippen LogP contribution in [0.3, 0.4) is 0 Å². The van der Waals surface area contributed by atoms with Crippen LogP contribution in [0.15, 0.2) is 30.3 Å². The van der Waals surface area contributed by atoms with Gasteiger partial charge in [0.05, 0.1) is 26.9 Å². The van der Waals surface area contributed by atoms with Gasteiger partial charge in [-0.3, -0.25) is 4.79 Å². The van der Waals surface area contributed by atoms with Crippen LogP contribution in [0.5, 0.6) is 0 Å². The predicted octanol–water partition coefficient (Wildman–Crippen LogP) is 6.35. The van der Waals surface area contributed by atoms with Gasteiger partial charge in [0.1, 0.15) is 0 Å². The third-order valence-electron chi connectivity index (χ3n) is 4.44. The predicted molar refractivity (Wildman–Crippen MR) is 97.3 cm³/mol. The number of hydrogen-bond donors (Lipinski definition) is 0. The van der Waals surface area contributed by atoms with Gasteiger partial charge in [0.2, 0.25) is 5.78 Å². The third kappa shape index (κ3) is 2.99. The maximum absolute atomic E-state index is 13.1. The Bertz CT molecular complexity index is 1050. The summed E-state index contributed by atoms with van der Waals surface area (Å²) in [4.78, 5) is 13.0. The summed E-state index contributed by atoms with van der Waals surface area (Å²) in [6.07, 6.45) is -4.46. The summed E-state index contributed by atoms with van der Waals surface area (Å²) in [5.74, 6) is -0.435. The Kier molecular flexibility index (Phi) is 4.57. The van der Waals surface area contributed by atoms with Gasteiger partial charge < -0.3 is 4.57 Å². The van der Waals surface area contributed by atoms with Gasteiger partial charge >= 0.3 is 6.18 Å². The van der Waals surface area contributed by atoms with E-state index in [1.165, 1.54) is 4.57 Å². The molecule has 0 aliphatic carbocycles. The summed E-state index contributed by atoms with van der Waals surface area (Å²) in [6.45, 7) is 3.33. The minimum absolute atomic E-state index is 0.146.